The Morgan fingerprint density at radius 3 is 2.57 bits per heavy atom. The number of anilines is 1. The maximum absolute atomic E-state index is 12.4. The summed E-state index contributed by atoms with van der Waals surface area (Å²) < 4.78 is 11.3. The first-order valence-corrected chi connectivity index (χ1v) is 9.27. The van der Waals surface area contributed by atoms with Gasteiger partial charge >= 0.3 is 0 Å². The summed E-state index contributed by atoms with van der Waals surface area (Å²) in [5, 5.41) is 12.5. The fourth-order valence-corrected chi connectivity index (χ4v) is 3.06. The lowest BCUT2D eigenvalue weighted by Crippen LogP contribution is -2.20. The first-order chi connectivity index (χ1) is 13.3. The molecule has 0 aromatic heterocycles. The molecule has 7 nitrogen and oxygen atoms in total. The number of nitrogens with one attached hydrogen (secondary N) is 1. The number of ether oxygens (including phenoxy) is 2. The quantitative estimate of drug-likeness (QED) is 0.336. The van der Waals surface area contributed by atoms with Gasteiger partial charge in [-0.25, -0.2) is 0 Å². The summed E-state index contributed by atoms with van der Waals surface area (Å²) in [6.07, 6.45) is 1.42. The molecule has 28 heavy (non-hydrogen) atoms. The largest absolute Gasteiger partial charge is 0.493 e. The van der Waals surface area contributed by atoms with Crippen LogP contribution < -0.4 is 20.5 Å². The van der Waals surface area contributed by atoms with E-state index in [4.69, 9.17) is 26.8 Å². The fraction of sp³-hybridized carbons (Fsp3) is 0.105. The maximum Gasteiger partial charge on any atom is 0.266 e. The average molecular weight is 512 g/mol. The van der Waals surface area contributed by atoms with Crippen molar-refractivity contribution in [1.29, 1.82) is 5.26 Å². The smallest absolute Gasteiger partial charge is 0.266 e. The highest BCUT2D eigenvalue weighted by Gasteiger charge is 2.14. The molecule has 0 saturated heterocycles. The normalized spacial score (nSPS) is 10.7. The van der Waals surface area contributed by atoms with Gasteiger partial charge in [0, 0.05) is 10.7 Å². The number of halogens is 2. The van der Waals surface area contributed by atoms with Crippen LogP contribution in [0.15, 0.2) is 42.0 Å². The molecule has 0 unspecified atom stereocenters. The summed E-state index contributed by atoms with van der Waals surface area (Å²) in [5.74, 6) is -0.488. The van der Waals surface area contributed by atoms with Gasteiger partial charge in [-0.3, -0.25) is 9.59 Å². The van der Waals surface area contributed by atoms with E-state index < -0.39 is 11.8 Å². The fourth-order valence-electron chi connectivity index (χ4n) is 2.15. The van der Waals surface area contributed by atoms with E-state index in [1.165, 1.54) is 13.2 Å². The number of hydrogen-bond donors (Lipinski definition) is 2. The van der Waals surface area contributed by atoms with Crippen molar-refractivity contribution in [3.05, 3.63) is 56.1 Å². The molecule has 0 saturated carbocycles. The first-order valence-electron chi connectivity index (χ1n) is 7.81. The summed E-state index contributed by atoms with van der Waals surface area (Å²) in [5.41, 5.74) is 6.06. The second kappa shape index (κ2) is 9.96. The molecule has 9 heteroatoms. The van der Waals surface area contributed by atoms with Gasteiger partial charge in [-0.15, -0.1) is 0 Å². The minimum Gasteiger partial charge on any atom is -0.493 e. The van der Waals surface area contributed by atoms with E-state index in [0.717, 1.165) is 0 Å². The van der Waals surface area contributed by atoms with Gasteiger partial charge in [-0.05, 0) is 70.6 Å². The van der Waals surface area contributed by atoms with Crippen molar-refractivity contribution in [3.8, 4) is 17.6 Å². The Labute approximate surface area is 180 Å². The van der Waals surface area contributed by atoms with Gasteiger partial charge in [-0.1, -0.05) is 11.6 Å². The van der Waals surface area contributed by atoms with Crippen molar-refractivity contribution in [3.63, 3.8) is 0 Å². The number of rotatable bonds is 7. The number of primary amides is 1. The lowest BCUT2D eigenvalue weighted by atomic mass is 10.1. The van der Waals surface area contributed by atoms with Crippen LogP contribution in [0.3, 0.4) is 0 Å². The number of nitriles is 1. The average Bonchev–Trinajstić information content (AvgIpc) is 2.66. The number of methoxy groups -OCH3 is 1. The van der Waals surface area contributed by atoms with Gasteiger partial charge in [0.05, 0.1) is 10.7 Å². The highest BCUT2D eigenvalue weighted by Crippen LogP contribution is 2.34. The van der Waals surface area contributed by atoms with Gasteiger partial charge in [0.2, 0.25) is 0 Å². The Hall–Kier alpha value is -2.77. The van der Waals surface area contributed by atoms with Crippen molar-refractivity contribution in [2.24, 2.45) is 5.73 Å². The van der Waals surface area contributed by atoms with Crippen LogP contribution in [0, 0.1) is 14.9 Å². The number of nitrogens with two attached hydrogens (primary N) is 1. The van der Waals surface area contributed by atoms with E-state index in [0.29, 0.717) is 31.3 Å². The standard InChI is InChI=1S/C19H15ClIN3O4/c1-27-16-8-11(7-15(21)18(16)28-10-17(23)25)6-12(9-22)19(26)24-14-4-2-13(20)3-5-14/h2-8H,10H2,1H3,(H2,23,25)(H,24,26)/b12-6+. The molecule has 0 aliphatic rings. The number of benzene rings is 2. The van der Waals surface area contributed by atoms with Crippen molar-refractivity contribution in [2.45, 2.75) is 0 Å². The summed E-state index contributed by atoms with van der Waals surface area (Å²) in [6.45, 7) is -0.297. The molecule has 0 spiro atoms. The van der Waals surface area contributed by atoms with E-state index in [1.807, 2.05) is 28.7 Å². The third kappa shape index (κ3) is 5.87. The molecule has 0 heterocycles. The number of carbonyl (C=O) groups excluding carboxylic acids is 2. The van der Waals surface area contributed by atoms with E-state index in [1.54, 1.807) is 36.4 Å². The van der Waals surface area contributed by atoms with Crippen molar-refractivity contribution in [1.82, 2.24) is 0 Å². The third-order valence-corrected chi connectivity index (χ3v) is 4.44. The summed E-state index contributed by atoms with van der Waals surface area (Å²) in [6, 6.07) is 11.7. The van der Waals surface area contributed by atoms with Crippen molar-refractivity contribution in [2.75, 3.05) is 19.0 Å². The van der Waals surface area contributed by atoms with E-state index in [2.05, 4.69) is 5.32 Å². The predicted molar refractivity (Wildman–Crippen MR) is 114 cm³/mol. The molecule has 0 radical (unpaired) electrons. The lowest BCUT2D eigenvalue weighted by Gasteiger charge is -2.12. The first kappa shape index (κ1) is 21.5. The molecule has 144 valence electrons. The molecule has 2 aromatic rings. The van der Waals surface area contributed by atoms with E-state index in [9.17, 15) is 14.9 Å². The van der Waals surface area contributed by atoms with Crippen LogP contribution >= 0.6 is 34.2 Å². The molecular formula is C19H15ClIN3O4. The van der Waals surface area contributed by atoms with Crippen LogP contribution in [0.2, 0.25) is 5.02 Å². The molecule has 3 N–H and O–H groups in total. The molecule has 0 bridgehead atoms. The highest BCUT2D eigenvalue weighted by atomic mass is 127. The molecule has 2 amide bonds. The molecule has 2 rings (SSSR count). The highest BCUT2D eigenvalue weighted by molar-refractivity contribution is 14.1. The van der Waals surface area contributed by atoms with Crippen molar-refractivity contribution < 1.29 is 19.1 Å². The van der Waals surface area contributed by atoms with Gasteiger partial charge < -0.3 is 20.5 Å². The van der Waals surface area contributed by atoms with Gasteiger partial charge in [0.15, 0.2) is 18.1 Å². The Bertz CT molecular complexity index is 968. The Kier molecular flexibility index (Phi) is 7.66. The monoisotopic (exact) mass is 511 g/mol. The van der Waals surface area contributed by atoms with Crippen LogP contribution in [0.5, 0.6) is 11.5 Å². The van der Waals surface area contributed by atoms with Crippen LogP contribution in [0.25, 0.3) is 6.08 Å². The zero-order valence-electron chi connectivity index (χ0n) is 14.7. The predicted octanol–water partition coefficient (Wildman–Crippen LogP) is 3.36. The summed E-state index contributed by atoms with van der Waals surface area (Å²) in [4.78, 5) is 23.3. The minimum atomic E-state index is -0.618. The Morgan fingerprint density at radius 1 is 1.32 bits per heavy atom. The van der Waals surface area contributed by atoms with E-state index >= 15 is 0 Å². The third-order valence-electron chi connectivity index (χ3n) is 3.39. The second-order valence-corrected chi connectivity index (χ2v) is 7.02. The minimum absolute atomic E-state index is 0.0985. The number of amides is 2. The molecular weight excluding hydrogens is 497 g/mol. The summed E-state index contributed by atoms with van der Waals surface area (Å²) in [7, 11) is 1.44. The molecule has 0 aliphatic carbocycles. The van der Waals surface area contributed by atoms with Crippen molar-refractivity contribution >= 4 is 57.8 Å². The maximum atomic E-state index is 12.4. The number of carbonyl (C=O) groups is 2. The van der Waals surface area contributed by atoms with Crippen LogP contribution in [-0.2, 0) is 9.59 Å². The zero-order valence-corrected chi connectivity index (χ0v) is 17.6. The van der Waals surface area contributed by atoms with Gasteiger partial charge in [-0.2, -0.15) is 5.26 Å². The number of nitrogens with zero attached hydrogens (tertiary/aromatic N) is 1. The van der Waals surface area contributed by atoms with Crippen LogP contribution in [0.1, 0.15) is 5.56 Å². The Morgan fingerprint density at radius 2 is 2.00 bits per heavy atom. The molecule has 0 atom stereocenters. The van der Waals surface area contributed by atoms with Gasteiger partial charge in [0.1, 0.15) is 11.6 Å². The summed E-state index contributed by atoms with van der Waals surface area (Å²) >= 11 is 7.81. The Balaban J connectivity index is 2.28. The van der Waals surface area contributed by atoms with Crippen LogP contribution in [0.4, 0.5) is 5.69 Å². The van der Waals surface area contributed by atoms with Crippen LogP contribution in [-0.4, -0.2) is 25.5 Å². The SMILES string of the molecule is COc1cc(/C=C(\C#N)C(=O)Nc2ccc(Cl)cc2)cc(I)c1OCC(N)=O. The lowest BCUT2D eigenvalue weighted by molar-refractivity contribution is -0.120. The molecule has 0 aliphatic heterocycles. The second-order valence-electron chi connectivity index (χ2n) is 5.42. The zero-order chi connectivity index (χ0) is 20.7. The molecule has 2 aromatic carbocycles. The topological polar surface area (TPSA) is 114 Å². The molecule has 0 fully saturated rings. The van der Waals surface area contributed by atoms with Gasteiger partial charge in [0.25, 0.3) is 11.8 Å². The van der Waals surface area contributed by atoms with E-state index in [-0.39, 0.29) is 12.2 Å². The number of hydrogen-bond acceptors (Lipinski definition) is 5.